The first-order valence-electron chi connectivity index (χ1n) is 7.14. The molecule has 1 aromatic heterocycles. The van der Waals surface area contributed by atoms with Crippen LogP contribution >= 0.6 is 22.6 Å². The van der Waals surface area contributed by atoms with Crippen LogP contribution < -0.4 is 5.63 Å². The summed E-state index contributed by atoms with van der Waals surface area (Å²) in [5, 5.41) is 0. The van der Waals surface area contributed by atoms with Crippen LogP contribution in [0.4, 0.5) is 0 Å². The van der Waals surface area contributed by atoms with Gasteiger partial charge in [-0.2, -0.15) is 0 Å². The topological polar surface area (TPSA) is 73.6 Å². The Morgan fingerprint density at radius 2 is 2.04 bits per heavy atom. The molecule has 1 heterocycles. The zero-order valence-electron chi connectivity index (χ0n) is 13.1. The fraction of sp³-hybridized carbons (Fsp3) is 0.353. The average molecular weight is 430 g/mol. The average Bonchev–Trinajstić information content (AvgIpc) is 2.50. The van der Waals surface area contributed by atoms with Gasteiger partial charge < -0.3 is 9.15 Å². The number of halogens is 1. The van der Waals surface area contributed by atoms with Gasteiger partial charge in [-0.15, -0.1) is 0 Å². The van der Waals surface area contributed by atoms with Crippen LogP contribution in [0.1, 0.15) is 32.4 Å². The molecule has 0 atom stereocenters. The molecule has 0 amide bonds. The largest absolute Gasteiger partial charge is 0.461 e. The number of carbonyl (C=O) groups is 2. The first kappa shape index (κ1) is 19.3. The molecular formula is C17H19IO5. The minimum atomic E-state index is -0.484. The maximum Gasteiger partial charge on any atom is 0.335 e. The van der Waals surface area contributed by atoms with Crippen molar-refractivity contribution in [2.75, 3.05) is 6.61 Å². The van der Waals surface area contributed by atoms with E-state index in [9.17, 15) is 14.4 Å². The second-order valence-corrected chi connectivity index (χ2v) is 6.20. The highest BCUT2D eigenvalue weighted by Gasteiger charge is 2.10. The summed E-state index contributed by atoms with van der Waals surface area (Å²) >= 11 is 2.00. The van der Waals surface area contributed by atoms with E-state index in [0.29, 0.717) is 14.9 Å². The summed E-state index contributed by atoms with van der Waals surface area (Å²) in [5.41, 5.74) is 1.30. The third-order valence-corrected chi connectivity index (χ3v) is 3.99. The number of allylic oxidation sites excluding steroid dienone is 3. The lowest BCUT2D eigenvalue weighted by atomic mass is 10.1. The van der Waals surface area contributed by atoms with Crippen LogP contribution in [0.3, 0.4) is 0 Å². The molecule has 0 aliphatic carbocycles. The predicted molar refractivity (Wildman–Crippen MR) is 95.2 cm³/mol. The van der Waals surface area contributed by atoms with Crippen molar-refractivity contribution in [2.45, 2.75) is 33.1 Å². The molecule has 124 valence electrons. The molecule has 0 N–H and O–H groups in total. The highest BCUT2D eigenvalue weighted by molar-refractivity contribution is 14.1. The molecule has 0 saturated carbocycles. The van der Waals surface area contributed by atoms with Crippen LogP contribution in [0.15, 0.2) is 44.6 Å². The third-order valence-electron chi connectivity index (χ3n) is 3.03. The number of hydrogen-bond acceptors (Lipinski definition) is 5. The molecule has 0 spiro atoms. The number of hydrogen-bond donors (Lipinski definition) is 0. The van der Waals surface area contributed by atoms with Gasteiger partial charge in [0.05, 0.1) is 3.57 Å². The SMILES string of the molecule is C/C(C=O)=C\CC/C(C)=C/COC(=O)Cc1oc(=O)ccc1I. The van der Waals surface area contributed by atoms with Crippen LogP contribution in [-0.2, 0) is 20.7 Å². The minimum Gasteiger partial charge on any atom is -0.461 e. The lowest BCUT2D eigenvalue weighted by molar-refractivity contribution is -0.141. The van der Waals surface area contributed by atoms with Crippen molar-refractivity contribution >= 4 is 34.8 Å². The highest BCUT2D eigenvalue weighted by atomic mass is 127. The Balaban J connectivity index is 2.41. The minimum absolute atomic E-state index is 0.0670. The first-order valence-corrected chi connectivity index (χ1v) is 8.22. The molecule has 5 nitrogen and oxygen atoms in total. The van der Waals surface area contributed by atoms with E-state index >= 15 is 0 Å². The Morgan fingerprint density at radius 3 is 2.74 bits per heavy atom. The van der Waals surface area contributed by atoms with Gasteiger partial charge in [0.1, 0.15) is 25.1 Å². The van der Waals surface area contributed by atoms with E-state index in [1.54, 1.807) is 13.0 Å². The van der Waals surface area contributed by atoms with Gasteiger partial charge in [-0.05, 0) is 67.0 Å². The Hall–Kier alpha value is -1.70. The quantitative estimate of drug-likeness (QED) is 0.208. The van der Waals surface area contributed by atoms with Gasteiger partial charge >= 0.3 is 11.6 Å². The van der Waals surface area contributed by atoms with Crippen molar-refractivity contribution in [2.24, 2.45) is 0 Å². The molecule has 1 aromatic rings. The van der Waals surface area contributed by atoms with Crippen LogP contribution in [0.5, 0.6) is 0 Å². The molecule has 0 radical (unpaired) electrons. The monoisotopic (exact) mass is 430 g/mol. The zero-order valence-corrected chi connectivity index (χ0v) is 15.3. The van der Waals surface area contributed by atoms with Crippen molar-refractivity contribution in [1.82, 2.24) is 0 Å². The second-order valence-electron chi connectivity index (χ2n) is 5.04. The van der Waals surface area contributed by atoms with Crippen molar-refractivity contribution in [3.8, 4) is 0 Å². The Kier molecular flexibility index (Phi) is 8.53. The summed E-state index contributed by atoms with van der Waals surface area (Å²) in [6.07, 6.45) is 6.03. The van der Waals surface area contributed by atoms with E-state index in [0.717, 1.165) is 24.7 Å². The first-order chi connectivity index (χ1) is 10.9. The van der Waals surface area contributed by atoms with Crippen LogP contribution in [0.25, 0.3) is 0 Å². The van der Waals surface area contributed by atoms with Crippen LogP contribution in [0, 0.1) is 3.57 Å². The van der Waals surface area contributed by atoms with E-state index in [-0.39, 0.29) is 13.0 Å². The molecule has 1 rings (SSSR count). The van der Waals surface area contributed by atoms with Gasteiger partial charge in [-0.3, -0.25) is 9.59 Å². The van der Waals surface area contributed by atoms with Gasteiger partial charge in [-0.25, -0.2) is 4.79 Å². The van der Waals surface area contributed by atoms with Crippen molar-refractivity contribution in [3.05, 3.63) is 55.2 Å². The highest BCUT2D eigenvalue weighted by Crippen LogP contribution is 2.11. The Morgan fingerprint density at radius 1 is 1.30 bits per heavy atom. The van der Waals surface area contributed by atoms with Gasteiger partial charge in [-0.1, -0.05) is 11.6 Å². The maximum atomic E-state index is 11.7. The van der Waals surface area contributed by atoms with E-state index < -0.39 is 11.6 Å². The zero-order chi connectivity index (χ0) is 17.2. The molecule has 23 heavy (non-hydrogen) atoms. The summed E-state index contributed by atoms with van der Waals surface area (Å²) in [6, 6.07) is 2.91. The normalized spacial score (nSPS) is 12.1. The molecular weight excluding hydrogens is 411 g/mol. The smallest absolute Gasteiger partial charge is 0.335 e. The van der Waals surface area contributed by atoms with Crippen molar-refractivity contribution < 1.29 is 18.7 Å². The van der Waals surface area contributed by atoms with Crippen LogP contribution in [-0.4, -0.2) is 18.9 Å². The van der Waals surface area contributed by atoms with E-state index in [1.165, 1.54) is 6.07 Å². The Bertz CT molecular complexity index is 670. The summed E-state index contributed by atoms with van der Waals surface area (Å²) in [4.78, 5) is 33.3. The summed E-state index contributed by atoms with van der Waals surface area (Å²) in [6.45, 7) is 3.88. The fourth-order valence-corrected chi connectivity index (χ4v) is 2.18. The predicted octanol–water partition coefficient (Wildman–Crippen LogP) is 3.20. The van der Waals surface area contributed by atoms with E-state index in [2.05, 4.69) is 0 Å². The molecule has 0 bridgehead atoms. The van der Waals surface area contributed by atoms with Crippen molar-refractivity contribution in [3.63, 3.8) is 0 Å². The fourth-order valence-electron chi connectivity index (χ4n) is 1.70. The standard InChI is InChI=1S/C17H19IO5/c1-12(4-3-5-13(2)11-19)8-9-22-17(21)10-15-14(18)6-7-16(20)23-15/h5-8,11H,3-4,9-10H2,1-2H3/b12-8+,13-5+. The maximum absolute atomic E-state index is 11.7. The third kappa shape index (κ3) is 7.92. The van der Waals surface area contributed by atoms with Crippen LogP contribution in [0.2, 0.25) is 0 Å². The Labute approximate surface area is 148 Å². The number of carbonyl (C=O) groups excluding carboxylic acids is 2. The molecule has 0 aromatic carbocycles. The van der Waals surface area contributed by atoms with E-state index in [4.69, 9.17) is 9.15 Å². The molecule has 6 heteroatoms. The lowest BCUT2D eigenvalue weighted by Crippen LogP contribution is -2.11. The van der Waals surface area contributed by atoms with Gasteiger partial charge in [0.15, 0.2) is 0 Å². The summed E-state index contributed by atoms with van der Waals surface area (Å²) < 4.78 is 10.8. The summed E-state index contributed by atoms with van der Waals surface area (Å²) in [7, 11) is 0. The van der Waals surface area contributed by atoms with Gasteiger partial charge in [0.2, 0.25) is 0 Å². The number of ether oxygens (including phenoxy) is 1. The van der Waals surface area contributed by atoms with E-state index in [1.807, 2.05) is 41.7 Å². The molecule has 0 fully saturated rings. The number of esters is 1. The molecule has 0 aliphatic heterocycles. The molecule has 0 aliphatic rings. The molecule has 0 saturated heterocycles. The number of aldehydes is 1. The number of rotatable bonds is 8. The summed E-state index contributed by atoms with van der Waals surface area (Å²) in [5.74, 6) is -0.128. The van der Waals surface area contributed by atoms with Gasteiger partial charge in [0.25, 0.3) is 0 Å². The molecule has 0 unspecified atom stereocenters. The van der Waals surface area contributed by atoms with Gasteiger partial charge in [0, 0.05) is 6.07 Å². The lowest BCUT2D eigenvalue weighted by Gasteiger charge is -2.04. The second kappa shape index (κ2) is 10.1. The van der Waals surface area contributed by atoms with Crippen molar-refractivity contribution in [1.29, 1.82) is 0 Å².